The molecule has 37 heavy (non-hydrogen) atoms. The van der Waals surface area contributed by atoms with E-state index in [0.29, 0.717) is 31.3 Å². The molecule has 0 spiro atoms. The van der Waals surface area contributed by atoms with Gasteiger partial charge in [-0.25, -0.2) is 4.79 Å². The van der Waals surface area contributed by atoms with Crippen LogP contribution in [0.1, 0.15) is 43.4 Å². The summed E-state index contributed by atoms with van der Waals surface area (Å²) in [5, 5.41) is 33.6. The van der Waals surface area contributed by atoms with E-state index >= 15 is 0 Å². The first kappa shape index (κ1) is 27.0. The quantitative estimate of drug-likeness (QED) is 0.328. The summed E-state index contributed by atoms with van der Waals surface area (Å²) in [5.41, 5.74) is 6.46. The van der Waals surface area contributed by atoms with Gasteiger partial charge in [-0.05, 0) is 62.8 Å². The number of carboxylic acid groups (broad SMARTS) is 1. The molecule has 3 N–H and O–H groups in total. The van der Waals surface area contributed by atoms with Crippen LogP contribution in [0.3, 0.4) is 0 Å². The van der Waals surface area contributed by atoms with Gasteiger partial charge in [0.05, 0.1) is 19.3 Å². The molecule has 0 radical (unpaired) electrons. The highest BCUT2D eigenvalue weighted by atomic mass is 16.5. The summed E-state index contributed by atoms with van der Waals surface area (Å²) in [6.07, 6.45) is 4.42. The first-order valence-electron chi connectivity index (χ1n) is 13.2. The van der Waals surface area contributed by atoms with Gasteiger partial charge < -0.3 is 20.1 Å². The molecule has 7 nitrogen and oxygen atoms in total. The maximum Gasteiger partial charge on any atom is 0.329 e. The molecule has 1 aliphatic carbocycles. The van der Waals surface area contributed by atoms with Crippen molar-refractivity contribution < 1.29 is 24.9 Å². The number of aromatic nitrogens is 2. The van der Waals surface area contributed by atoms with Gasteiger partial charge in [-0.2, -0.15) is 5.10 Å². The van der Waals surface area contributed by atoms with Gasteiger partial charge in [-0.1, -0.05) is 60.2 Å². The molecule has 0 unspecified atom stereocenters. The van der Waals surface area contributed by atoms with Crippen molar-refractivity contribution in [3.63, 3.8) is 0 Å². The molecule has 4 rings (SSSR count). The van der Waals surface area contributed by atoms with Gasteiger partial charge in [0.1, 0.15) is 12.3 Å². The Labute approximate surface area is 218 Å². The Hall–Kier alpha value is -3.00. The zero-order valence-corrected chi connectivity index (χ0v) is 21.6. The maximum absolute atomic E-state index is 10.7. The minimum Gasteiger partial charge on any atom is -0.480 e. The van der Waals surface area contributed by atoms with Crippen molar-refractivity contribution in [3.05, 3.63) is 65.9 Å². The first-order valence-corrected chi connectivity index (χ1v) is 13.2. The Kier molecular flexibility index (Phi) is 9.50. The van der Waals surface area contributed by atoms with Crippen molar-refractivity contribution in [2.45, 2.75) is 58.1 Å². The summed E-state index contributed by atoms with van der Waals surface area (Å²) in [7, 11) is 0. The van der Waals surface area contributed by atoms with Crippen molar-refractivity contribution in [1.82, 2.24) is 9.78 Å². The van der Waals surface area contributed by atoms with Gasteiger partial charge in [0.15, 0.2) is 0 Å². The minimum absolute atomic E-state index is 0.236. The number of carboxylic acids is 1. The van der Waals surface area contributed by atoms with E-state index in [1.54, 1.807) is 0 Å². The Morgan fingerprint density at radius 1 is 1.03 bits per heavy atom. The van der Waals surface area contributed by atoms with Crippen LogP contribution in [0.25, 0.3) is 22.4 Å². The average Bonchev–Trinajstić information content (AvgIpc) is 3.26. The van der Waals surface area contributed by atoms with Gasteiger partial charge in [0.25, 0.3) is 0 Å². The lowest BCUT2D eigenvalue weighted by molar-refractivity contribution is -0.142. The second kappa shape index (κ2) is 13.0. The van der Waals surface area contributed by atoms with Crippen molar-refractivity contribution in [2.24, 2.45) is 11.8 Å². The van der Waals surface area contributed by atoms with Gasteiger partial charge in [0, 0.05) is 23.4 Å². The molecule has 1 aromatic heterocycles. The summed E-state index contributed by atoms with van der Waals surface area (Å²) in [5.74, 6) is -0.0631. The fraction of sp³-hybridized carbons (Fsp3) is 0.467. The summed E-state index contributed by atoms with van der Waals surface area (Å²) < 4.78 is 7.47. The molecule has 7 heteroatoms. The monoisotopic (exact) mass is 506 g/mol. The average molecular weight is 507 g/mol. The van der Waals surface area contributed by atoms with Gasteiger partial charge in [-0.3, -0.25) is 4.68 Å². The maximum atomic E-state index is 10.7. The molecule has 198 valence electrons. The van der Waals surface area contributed by atoms with Crippen LogP contribution in [0.2, 0.25) is 0 Å². The summed E-state index contributed by atoms with van der Waals surface area (Å²) in [4.78, 5) is 10.7. The molecule has 0 saturated heterocycles. The number of ether oxygens (including phenoxy) is 1. The molecule has 2 aromatic carbocycles. The molecule has 3 aromatic rings. The number of hydrogen-bond acceptors (Lipinski definition) is 5. The van der Waals surface area contributed by atoms with Crippen LogP contribution in [0.5, 0.6) is 0 Å². The molecule has 1 aliphatic rings. The fourth-order valence-electron chi connectivity index (χ4n) is 5.26. The van der Waals surface area contributed by atoms with E-state index in [1.807, 2.05) is 18.2 Å². The predicted molar refractivity (Wildman–Crippen MR) is 143 cm³/mol. The number of aliphatic hydroxyl groups is 2. The molecule has 0 bridgehead atoms. The van der Waals surface area contributed by atoms with E-state index < -0.39 is 12.1 Å². The molecule has 1 fully saturated rings. The third-order valence-electron chi connectivity index (χ3n) is 7.35. The lowest BCUT2D eigenvalue weighted by atomic mass is 9.82. The predicted octanol–water partition coefficient (Wildman–Crippen LogP) is 4.72. The SMILES string of the molecule is Cc1ccc(-c2nn(C[C@H]3CC[C@@H](COCC(=O)O)CC3)c(CC[C@@H](O)CO)c2-c2ccccc2)cc1. The van der Waals surface area contributed by atoms with E-state index in [2.05, 4.69) is 48.0 Å². The normalized spacial score (nSPS) is 18.6. The molecule has 1 heterocycles. The van der Waals surface area contributed by atoms with Crippen molar-refractivity contribution in [2.75, 3.05) is 19.8 Å². The molecular weight excluding hydrogens is 468 g/mol. The van der Waals surface area contributed by atoms with E-state index in [4.69, 9.17) is 14.9 Å². The van der Waals surface area contributed by atoms with Crippen LogP contribution in [0.15, 0.2) is 54.6 Å². The third kappa shape index (κ3) is 7.28. The number of aliphatic hydroxyl groups excluding tert-OH is 2. The topological polar surface area (TPSA) is 105 Å². The Morgan fingerprint density at radius 2 is 1.70 bits per heavy atom. The summed E-state index contributed by atoms with van der Waals surface area (Å²) in [6, 6.07) is 18.7. The van der Waals surface area contributed by atoms with Crippen LogP contribution >= 0.6 is 0 Å². The van der Waals surface area contributed by atoms with E-state index in [0.717, 1.165) is 60.3 Å². The Morgan fingerprint density at radius 3 is 2.35 bits per heavy atom. The lowest BCUT2D eigenvalue weighted by Crippen LogP contribution is -2.24. The standard InChI is InChI=1S/C30H38N2O5/c1-21-7-13-25(14-8-21)30-29(24-5-3-2-4-6-24)27(16-15-26(34)18-33)32(31-30)17-22-9-11-23(12-10-22)19-37-20-28(35)36/h2-8,13-14,22-23,26,33-34H,9-12,15-20H2,1H3,(H,35,36)/t22-,23+,26-/m1/s1. The molecule has 0 aliphatic heterocycles. The Balaban J connectivity index is 1.62. The second-order valence-corrected chi connectivity index (χ2v) is 10.3. The van der Waals surface area contributed by atoms with Crippen molar-refractivity contribution >= 4 is 5.97 Å². The van der Waals surface area contributed by atoms with Crippen LogP contribution < -0.4 is 0 Å². The number of carbonyl (C=O) groups is 1. The van der Waals surface area contributed by atoms with Crippen LogP contribution in [0.4, 0.5) is 0 Å². The van der Waals surface area contributed by atoms with Gasteiger partial charge >= 0.3 is 5.97 Å². The highest BCUT2D eigenvalue weighted by molar-refractivity contribution is 5.83. The van der Waals surface area contributed by atoms with Crippen LogP contribution in [-0.2, 0) is 22.5 Å². The lowest BCUT2D eigenvalue weighted by Gasteiger charge is -2.28. The number of nitrogens with zero attached hydrogens (tertiary/aromatic N) is 2. The van der Waals surface area contributed by atoms with E-state index in [1.165, 1.54) is 5.56 Å². The first-order chi connectivity index (χ1) is 17.9. The van der Waals surface area contributed by atoms with Crippen molar-refractivity contribution in [1.29, 1.82) is 0 Å². The summed E-state index contributed by atoms with van der Waals surface area (Å²) in [6.45, 7) is 2.87. The largest absolute Gasteiger partial charge is 0.480 e. The number of aryl methyl sites for hydroxylation is 1. The second-order valence-electron chi connectivity index (χ2n) is 10.3. The fourth-order valence-corrected chi connectivity index (χ4v) is 5.26. The highest BCUT2D eigenvalue weighted by Gasteiger charge is 2.26. The molecular formula is C30H38N2O5. The van der Waals surface area contributed by atoms with E-state index in [-0.39, 0.29) is 13.2 Å². The van der Waals surface area contributed by atoms with Crippen molar-refractivity contribution in [3.8, 4) is 22.4 Å². The number of benzene rings is 2. The van der Waals surface area contributed by atoms with Gasteiger partial charge in [0.2, 0.25) is 0 Å². The van der Waals surface area contributed by atoms with Crippen LogP contribution in [0, 0.1) is 18.8 Å². The van der Waals surface area contributed by atoms with E-state index in [9.17, 15) is 15.0 Å². The van der Waals surface area contributed by atoms with Crippen LogP contribution in [-0.4, -0.2) is 57.0 Å². The minimum atomic E-state index is -0.926. The molecule has 0 amide bonds. The molecule has 1 atom stereocenters. The zero-order chi connectivity index (χ0) is 26.2. The number of rotatable bonds is 12. The molecule has 1 saturated carbocycles. The smallest absolute Gasteiger partial charge is 0.329 e. The van der Waals surface area contributed by atoms with Gasteiger partial charge in [-0.15, -0.1) is 0 Å². The number of aliphatic carboxylic acids is 1. The summed E-state index contributed by atoms with van der Waals surface area (Å²) >= 11 is 0. The Bertz CT molecular complexity index is 1130. The zero-order valence-electron chi connectivity index (χ0n) is 21.6. The third-order valence-corrected chi connectivity index (χ3v) is 7.35. The number of hydrogen-bond donors (Lipinski definition) is 3. The highest BCUT2D eigenvalue weighted by Crippen LogP contribution is 2.37.